The molecule has 0 saturated carbocycles. The minimum Gasteiger partial charge on any atom is -0.478 e. The molecule has 0 saturated heterocycles. The monoisotopic (exact) mass is 355 g/mol. The molecule has 0 fully saturated rings. The third-order valence-electron chi connectivity index (χ3n) is 2.57. The normalized spacial score (nSPS) is 10.3. The van der Waals surface area contributed by atoms with Gasteiger partial charge in [0.25, 0.3) is 0 Å². The van der Waals surface area contributed by atoms with Crippen molar-refractivity contribution in [3.63, 3.8) is 0 Å². The zero-order valence-electron chi connectivity index (χ0n) is 10.6. The third-order valence-corrected chi connectivity index (χ3v) is 3.43. The first kappa shape index (κ1) is 14.8. The van der Waals surface area contributed by atoms with Gasteiger partial charge >= 0.3 is 5.97 Å². The van der Waals surface area contributed by atoms with Crippen molar-refractivity contribution in [2.75, 3.05) is 0 Å². The molecule has 0 radical (unpaired) electrons. The summed E-state index contributed by atoms with van der Waals surface area (Å²) in [5, 5.41) is 9.65. The summed E-state index contributed by atoms with van der Waals surface area (Å²) in [5.41, 5.74) is 0.807. The summed E-state index contributed by atoms with van der Waals surface area (Å²) in [5.74, 6) is -0.251. The van der Waals surface area contributed by atoms with Crippen LogP contribution < -0.4 is 4.74 Å². The van der Waals surface area contributed by atoms with E-state index in [0.717, 1.165) is 0 Å². The molecule has 0 aliphatic rings. The molecule has 2 aromatic rings. The Morgan fingerprint density at radius 3 is 2.75 bits per heavy atom. The molecule has 0 aliphatic heterocycles. The number of ether oxygens (including phenoxy) is 1. The largest absolute Gasteiger partial charge is 0.478 e. The molecule has 0 bridgehead atoms. The van der Waals surface area contributed by atoms with E-state index in [1.54, 1.807) is 18.2 Å². The van der Waals surface area contributed by atoms with Gasteiger partial charge in [-0.2, -0.15) is 0 Å². The van der Waals surface area contributed by atoms with Crippen LogP contribution >= 0.6 is 27.5 Å². The molecule has 6 heteroatoms. The maximum Gasteiger partial charge on any atom is 0.335 e. The van der Waals surface area contributed by atoms with Gasteiger partial charge in [0, 0.05) is 16.8 Å². The van der Waals surface area contributed by atoms with Gasteiger partial charge in [-0.1, -0.05) is 18.5 Å². The molecule has 1 heterocycles. The van der Waals surface area contributed by atoms with Crippen molar-refractivity contribution < 1.29 is 14.6 Å². The van der Waals surface area contributed by atoms with E-state index in [9.17, 15) is 4.79 Å². The number of hydrogen-bond acceptors (Lipinski definition) is 3. The van der Waals surface area contributed by atoms with E-state index in [-0.39, 0.29) is 11.4 Å². The van der Waals surface area contributed by atoms with Crippen LogP contribution in [0.15, 0.2) is 34.8 Å². The Balaban J connectivity index is 2.37. The fourth-order valence-corrected chi connectivity index (χ4v) is 2.35. The molecule has 104 valence electrons. The second-order valence-corrected chi connectivity index (χ2v) is 5.31. The molecule has 0 aliphatic carbocycles. The molecule has 2 rings (SSSR count). The number of nitrogens with zero attached hydrogens (tertiary/aromatic N) is 1. The van der Waals surface area contributed by atoms with Crippen molar-refractivity contribution in [3.8, 4) is 11.6 Å². The minimum absolute atomic E-state index is 0.150. The van der Waals surface area contributed by atoms with Gasteiger partial charge in [-0.25, -0.2) is 9.78 Å². The highest BCUT2D eigenvalue weighted by Gasteiger charge is 2.11. The molecule has 0 atom stereocenters. The summed E-state index contributed by atoms with van der Waals surface area (Å²) < 4.78 is 6.29. The zero-order chi connectivity index (χ0) is 14.7. The number of carboxylic acids is 1. The summed E-state index contributed by atoms with van der Waals surface area (Å²) in [6.07, 6.45) is 0.624. The van der Waals surface area contributed by atoms with Crippen molar-refractivity contribution >= 4 is 33.5 Å². The number of pyridine rings is 1. The first-order valence-corrected chi connectivity index (χ1v) is 7.04. The number of hydrogen-bond donors (Lipinski definition) is 1. The average molecular weight is 357 g/mol. The van der Waals surface area contributed by atoms with E-state index >= 15 is 0 Å². The average Bonchev–Trinajstić information content (AvgIpc) is 2.41. The van der Waals surface area contributed by atoms with Gasteiger partial charge in [-0.3, -0.25) is 0 Å². The van der Waals surface area contributed by atoms with E-state index in [1.807, 2.05) is 6.92 Å². The Morgan fingerprint density at radius 2 is 2.15 bits per heavy atom. The van der Waals surface area contributed by atoms with Crippen LogP contribution in [-0.2, 0) is 6.42 Å². The molecule has 1 aromatic heterocycles. The first-order valence-electron chi connectivity index (χ1n) is 5.86. The number of aromatic carboxylic acids is 1. The van der Waals surface area contributed by atoms with Gasteiger partial charge in [0.05, 0.1) is 10.0 Å². The van der Waals surface area contributed by atoms with E-state index in [1.165, 1.54) is 12.1 Å². The molecule has 1 aromatic carbocycles. The van der Waals surface area contributed by atoms with Crippen molar-refractivity contribution in [1.29, 1.82) is 0 Å². The van der Waals surface area contributed by atoms with Gasteiger partial charge in [0.2, 0.25) is 5.88 Å². The molecular weight excluding hydrogens is 346 g/mol. The molecule has 0 amide bonds. The fourth-order valence-electron chi connectivity index (χ4n) is 1.59. The lowest BCUT2D eigenvalue weighted by Crippen LogP contribution is -2.01. The Labute approximate surface area is 129 Å². The minimum atomic E-state index is -1.01. The van der Waals surface area contributed by atoms with E-state index in [4.69, 9.17) is 21.4 Å². The fraction of sp³-hybridized carbons (Fsp3) is 0.143. The molecule has 20 heavy (non-hydrogen) atoms. The first-order chi connectivity index (χ1) is 9.49. The van der Waals surface area contributed by atoms with Crippen molar-refractivity contribution in [2.45, 2.75) is 13.3 Å². The van der Waals surface area contributed by atoms with Crippen LogP contribution in [0, 0.1) is 0 Å². The summed E-state index contributed by atoms with van der Waals surface area (Å²) in [4.78, 5) is 15.3. The molecule has 4 nitrogen and oxygen atoms in total. The number of carbonyl (C=O) groups is 1. The van der Waals surface area contributed by atoms with E-state index in [0.29, 0.717) is 27.4 Å². The number of carboxylic acid groups (broad SMARTS) is 1. The highest BCUT2D eigenvalue weighted by Crippen LogP contribution is 2.31. The number of benzene rings is 1. The Hall–Kier alpha value is -1.59. The summed E-state index contributed by atoms with van der Waals surface area (Å²) in [6, 6.07) is 7.99. The van der Waals surface area contributed by atoms with Gasteiger partial charge < -0.3 is 9.84 Å². The lowest BCUT2D eigenvalue weighted by molar-refractivity contribution is 0.0696. The van der Waals surface area contributed by atoms with E-state index in [2.05, 4.69) is 20.9 Å². The van der Waals surface area contributed by atoms with E-state index < -0.39 is 5.97 Å². The summed E-state index contributed by atoms with van der Waals surface area (Å²) in [7, 11) is 0. The standard InChI is InChI=1S/C14H11BrClNO3/c1-2-10-5-8(14(18)19)6-13(17-10)20-12-4-3-9(16)7-11(12)15/h3-7H,2H2,1H3,(H,18,19). The molecule has 0 spiro atoms. The quantitative estimate of drug-likeness (QED) is 0.873. The maximum absolute atomic E-state index is 11.1. The van der Waals surface area contributed by atoms with Crippen LogP contribution in [0.1, 0.15) is 23.0 Å². The Bertz CT molecular complexity index is 661. The Kier molecular flexibility index (Phi) is 4.62. The van der Waals surface area contributed by atoms with Crippen LogP contribution in [-0.4, -0.2) is 16.1 Å². The molecule has 0 unspecified atom stereocenters. The molecule has 1 N–H and O–H groups in total. The van der Waals surface area contributed by atoms with Crippen LogP contribution in [0.3, 0.4) is 0 Å². The van der Waals surface area contributed by atoms with Gasteiger partial charge in [0.1, 0.15) is 5.75 Å². The second-order valence-electron chi connectivity index (χ2n) is 4.02. The van der Waals surface area contributed by atoms with Crippen LogP contribution in [0.5, 0.6) is 11.6 Å². The van der Waals surface area contributed by atoms with Crippen LogP contribution in [0.2, 0.25) is 5.02 Å². The highest BCUT2D eigenvalue weighted by atomic mass is 79.9. The smallest absolute Gasteiger partial charge is 0.335 e. The van der Waals surface area contributed by atoms with Crippen molar-refractivity contribution in [3.05, 3.63) is 51.1 Å². The van der Waals surface area contributed by atoms with Crippen molar-refractivity contribution in [2.24, 2.45) is 0 Å². The van der Waals surface area contributed by atoms with Gasteiger partial charge in [-0.05, 0) is 46.6 Å². The summed E-state index contributed by atoms with van der Waals surface area (Å²) in [6.45, 7) is 1.90. The predicted octanol–water partition coefficient (Wildman–Crippen LogP) is 4.55. The molecular formula is C14H11BrClNO3. The lowest BCUT2D eigenvalue weighted by atomic mass is 10.2. The lowest BCUT2D eigenvalue weighted by Gasteiger charge is -2.09. The number of halogens is 2. The van der Waals surface area contributed by atoms with Gasteiger partial charge in [0.15, 0.2) is 0 Å². The number of aryl methyl sites for hydroxylation is 1. The van der Waals surface area contributed by atoms with Crippen molar-refractivity contribution in [1.82, 2.24) is 4.98 Å². The number of rotatable bonds is 4. The SMILES string of the molecule is CCc1cc(C(=O)O)cc(Oc2ccc(Cl)cc2Br)n1. The number of aromatic nitrogens is 1. The zero-order valence-corrected chi connectivity index (χ0v) is 12.9. The second kappa shape index (κ2) is 6.24. The van der Waals surface area contributed by atoms with Gasteiger partial charge in [-0.15, -0.1) is 0 Å². The Morgan fingerprint density at radius 1 is 1.40 bits per heavy atom. The maximum atomic E-state index is 11.1. The topological polar surface area (TPSA) is 59.4 Å². The van der Waals surface area contributed by atoms with Crippen LogP contribution in [0.4, 0.5) is 0 Å². The summed E-state index contributed by atoms with van der Waals surface area (Å²) >= 11 is 9.19. The highest BCUT2D eigenvalue weighted by molar-refractivity contribution is 9.10. The van der Waals surface area contributed by atoms with Crippen LogP contribution in [0.25, 0.3) is 0 Å². The third kappa shape index (κ3) is 3.49. The predicted molar refractivity (Wildman–Crippen MR) is 79.8 cm³/mol.